The zero-order valence-electron chi connectivity index (χ0n) is 15.9. The van der Waals surface area contributed by atoms with Crippen molar-refractivity contribution in [2.45, 2.75) is 36.8 Å². The van der Waals surface area contributed by atoms with Crippen molar-refractivity contribution in [1.82, 2.24) is 10.2 Å². The number of amides is 1. The number of likely N-dealkylation sites (tertiary alicyclic amines) is 1. The Morgan fingerprint density at radius 1 is 1.26 bits per heavy atom. The van der Waals surface area contributed by atoms with Crippen molar-refractivity contribution >= 4 is 16.7 Å². The molecule has 1 aliphatic heterocycles. The van der Waals surface area contributed by atoms with Gasteiger partial charge in [0.25, 0.3) is 5.91 Å². The molecule has 0 unspecified atom stereocenters. The van der Waals surface area contributed by atoms with Crippen molar-refractivity contribution in [1.29, 1.82) is 0 Å². The molecule has 0 saturated carbocycles. The molecule has 1 aliphatic rings. The Balaban J connectivity index is 1.41. The maximum atomic E-state index is 12.3. The SMILES string of the molecule is C[C@H]1CCCN(CCCNC(=O)c2ccc(C[S@@](=O)c3ccccc3)o2)C1. The van der Waals surface area contributed by atoms with Crippen LogP contribution in [0.3, 0.4) is 0 Å². The lowest BCUT2D eigenvalue weighted by Crippen LogP contribution is -2.36. The van der Waals surface area contributed by atoms with Crippen molar-refractivity contribution in [3.05, 3.63) is 54.0 Å². The maximum absolute atomic E-state index is 12.3. The van der Waals surface area contributed by atoms with Crippen LogP contribution in [0.2, 0.25) is 0 Å². The van der Waals surface area contributed by atoms with Crippen LogP contribution in [-0.2, 0) is 16.6 Å². The monoisotopic (exact) mass is 388 g/mol. The molecule has 27 heavy (non-hydrogen) atoms. The van der Waals surface area contributed by atoms with Gasteiger partial charge in [-0.2, -0.15) is 0 Å². The summed E-state index contributed by atoms with van der Waals surface area (Å²) < 4.78 is 17.9. The van der Waals surface area contributed by atoms with Gasteiger partial charge in [0.15, 0.2) is 5.76 Å². The first-order chi connectivity index (χ1) is 13.1. The minimum absolute atomic E-state index is 0.209. The van der Waals surface area contributed by atoms with Gasteiger partial charge in [-0.05, 0) is 62.5 Å². The van der Waals surface area contributed by atoms with Gasteiger partial charge in [-0.25, -0.2) is 0 Å². The molecule has 0 bridgehead atoms. The Labute approximate surface area is 163 Å². The van der Waals surface area contributed by atoms with Crippen molar-refractivity contribution < 1.29 is 13.4 Å². The van der Waals surface area contributed by atoms with Gasteiger partial charge in [-0.1, -0.05) is 25.1 Å². The molecule has 1 saturated heterocycles. The molecule has 0 aliphatic carbocycles. The highest BCUT2D eigenvalue weighted by Crippen LogP contribution is 2.16. The largest absolute Gasteiger partial charge is 0.455 e. The standard InChI is InChI=1S/C21H28N2O3S/c1-17-7-5-13-23(15-17)14-6-12-22-21(24)20-11-10-18(26-20)16-27(25)19-8-3-2-4-9-19/h2-4,8-11,17H,5-7,12-16H2,1H3,(H,22,24)/t17-,27+/m0/s1. The smallest absolute Gasteiger partial charge is 0.286 e. The molecule has 146 valence electrons. The Morgan fingerprint density at radius 2 is 2.07 bits per heavy atom. The van der Waals surface area contributed by atoms with E-state index >= 15 is 0 Å². The van der Waals surface area contributed by atoms with Crippen molar-refractivity contribution in [3.8, 4) is 0 Å². The summed E-state index contributed by atoms with van der Waals surface area (Å²) in [5.41, 5.74) is 0. The third kappa shape index (κ3) is 6.04. The molecule has 2 aromatic rings. The van der Waals surface area contributed by atoms with Crippen molar-refractivity contribution in [2.75, 3.05) is 26.2 Å². The highest BCUT2D eigenvalue weighted by atomic mass is 32.2. The third-order valence-electron chi connectivity index (χ3n) is 4.84. The van der Waals surface area contributed by atoms with E-state index in [1.807, 2.05) is 30.3 Å². The Bertz CT molecular complexity index is 760. The number of benzene rings is 1. The first-order valence-corrected chi connectivity index (χ1v) is 11.0. The number of furan rings is 1. The van der Waals surface area contributed by atoms with Crippen LogP contribution in [0, 0.1) is 5.92 Å². The molecule has 1 amide bonds. The molecule has 0 radical (unpaired) electrons. The minimum atomic E-state index is -1.18. The third-order valence-corrected chi connectivity index (χ3v) is 6.19. The van der Waals surface area contributed by atoms with E-state index in [1.165, 1.54) is 19.4 Å². The predicted molar refractivity (Wildman–Crippen MR) is 107 cm³/mol. The zero-order valence-corrected chi connectivity index (χ0v) is 16.7. The number of carbonyl (C=O) groups is 1. The Morgan fingerprint density at radius 3 is 2.85 bits per heavy atom. The molecule has 1 N–H and O–H groups in total. The van der Waals surface area contributed by atoms with Crippen LogP contribution in [0.15, 0.2) is 51.8 Å². The maximum Gasteiger partial charge on any atom is 0.286 e. The van der Waals surface area contributed by atoms with Crippen molar-refractivity contribution in [2.24, 2.45) is 5.92 Å². The topological polar surface area (TPSA) is 62.6 Å². The molecule has 1 aromatic heterocycles. The second kappa shape index (κ2) is 9.85. The second-order valence-electron chi connectivity index (χ2n) is 7.23. The first kappa shape index (κ1) is 19.8. The lowest BCUT2D eigenvalue weighted by molar-refractivity contribution is 0.0921. The van der Waals surface area contributed by atoms with Gasteiger partial charge in [-0.3, -0.25) is 9.00 Å². The van der Waals surface area contributed by atoms with Crippen LogP contribution >= 0.6 is 0 Å². The minimum Gasteiger partial charge on any atom is -0.455 e. The van der Waals surface area contributed by atoms with Crippen LogP contribution in [0.25, 0.3) is 0 Å². The molecule has 6 heteroatoms. The highest BCUT2D eigenvalue weighted by molar-refractivity contribution is 7.84. The average molecular weight is 389 g/mol. The molecule has 5 nitrogen and oxygen atoms in total. The fraction of sp³-hybridized carbons (Fsp3) is 0.476. The summed E-state index contributed by atoms with van der Waals surface area (Å²) in [5, 5.41) is 2.91. The van der Waals surface area contributed by atoms with E-state index in [2.05, 4.69) is 17.1 Å². The van der Waals surface area contributed by atoms with E-state index in [1.54, 1.807) is 12.1 Å². The van der Waals surface area contributed by atoms with Crippen LogP contribution in [0.4, 0.5) is 0 Å². The molecular weight excluding hydrogens is 360 g/mol. The van der Waals surface area contributed by atoms with E-state index in [4.69, 9.17) is 4.42 Å². The Kier molecular flexibility index (Phi) is 7.24. The molecule has 1 aromatic carbocycles. The summed E-state index contributed by atoms with van der Waals surface area (Å²) in [7, 11) is -1.18. The van der Waals surface area contributed by atoms with E-state index in [0.29, 0.717) is 12.3 Å². The Hall–Kier alpha value is -1.92. The fourth-order valence-electron chi connectivity index (χ4n) is 3.44. The van der Waals surface area contributed by atoms with Crippen molar-refractivity contribution in [3.63, 3.8) is 0 Å². The lowest BCUT2D eigenvalue weighted by atomic mass is 10.0. The molecule has 2 heterocycles. The summed E-state index contributed by atoms with van der Waals surface area (Å²) in [5.74, 6) is 1.67. The number of hydrogen-bond acceptors (Lipinski definition) is 4. The van der Waals surface area contributed by atoms with Gasteiger partial charge in [0, 0.05) is 18.0 Å². The van der Waals surface area contributed by atoms with Gasteiger partial charge < -0.3 is 14.6 Å². The fourth-order valence-corrected chi connectivity index (χ4v) is 4.48. The molecule has 0 spiro atoms. The lowest BCUT2D eigenvalue weighted by Gasteiger charge is -2.30. The summed E-state index contributed by atoms with van der Waals surface area (Å²) in [6.07, 6.45) is 3.53. The van der Waals surface area contributed by atoms with E-state index in [-0.39, 0.29) is 17.4 Å². The molecule has 3 rings (SSSR count). The number of nitrogens with one attached hydrogen (secondary N) is 1. The quantitative estimate of drug-likeness (QED) is 0.704. The summed E-state index contributed by atoms with van der Waals surface area (Å²) in [6, 6.07) is 12.6. The van der Waals surface area contributed by atoms with Crippen LogP contribution in [0.1, 0.15) is 42.5 Å². The second-order valence-corrected chi connectivity index (χ2v) is 8.68. The first-order valence-electron chi connectivity index (χ1n) is 9.64. The van der Waals surface area contributed by atoms with Crippen LogP contribution < -0.4 is 5.32 Å². The van der Waals surface area contributed by atoms with Crippen LogP contribution in [-0.4, -0.2) is 41.2 Å². The van der Waals surface area contributed by atoms with E-state index in [0.717, 1.165) is 30.3 Å². The number of rotatable bonds is 8. The normalized spacial score (nSPS) is 18.9. The average Bonchev–Trinajstić information content (AvgIpc) is 3.14. The van der Waals surface area contributed by atoms with Gasteiger partial charge in [-0.15, -0.1) is 0 Å². The summed E-state index contributed by atoms with van der Waals surface area (Å²) in [4.78, 5) is 15.5. The van der Waals surface area contributed by atoms with E-state index < -0.39 is 10.8 Å². The van der Waals surface area contributed by atoms with Crippen LogP contribution in [0.5, 0.6) is 0 Å². The molecule has 1 fully saturated rings. The molecule has 2 atom stereocenters. The summed E-state index contributed by atoms with van der Waals surface area (Å²) >= 11 is 0. The number of nitrogens with zero attached hydrogens (tertiary/aromatic N) is 1. The van der Waals surface area contributed by atoms with Gasteiger partial charge in [0.1, 0.15) is 5.76 Å². The number of hydrogen-bond donors (Lipinski definition) is 1. The summed E-state index contributed by atoms with van der Waals surface area (Å²) in [6.45, 7) is 6.28. The predicted octanol–water partition coefficient (Wildman–Crippen LogP) is 3.44. The van der Waals surface area contributed by atoms with Gasteiger partial charge in [0.05, 0.1) is 16.6 Å². The number of carbonyl (C=O) groups excluding carboxylic acids is 1. The van der Waals surface area contributed by atoms with Gasteiger partial charge >= 0.3 is 0 Å². The highest BCUT2D eigenvalue weighted by Gasteiger charge is 2.16. The number of piperidine rings is 1. The molecular formula is C21H28N2O3S. The van der Waals surface area contributed by atoms with E-state index in [9.17, 15) is 9.00 Å². The van der Waals surface area contributed by atoms with Gasteiger partial charge in [0.2, 0.25) is 0 Å². The zero-order chi connectivity index (χ0) is 19.1.